The van der Waals surface area contributed by atoms with E-state index in [1.807, 2.05) is 0 Å². The highest BCUT2D eigenvalue weighted by atomic mass is 16.2. The highest BCUT2D eigenvalue weighted by Crippen LogP contribution is 1.94. The van der Waals surface area contributed by atoms with Gasteiger partial charge in [0.25, 0.3) is 0 Å². The molecule has 0 aromatic heterocycles. The molecule has 0 bridgehead atoms. The van der Waals surface area contributed by atoms with Gasteiger partial charge >= 0.3 is 0 Å². The summed E-state index contributed by atoms with van der Waals surface area (Å²) in [6, 6.07) is 0. The summed E-state index contributed by atoms with van der Waals surface area (Å²) >= 11 is 0. The van der Waals surface area contributed by atoms with Gasteiger partial charge in [0.15, 0.2) is 0 Å². The highest BCUT2D eigenvalue weighted by molar-refractivity contribution is 5.94. The molecule has 5 nitrogen and oxygen atoms in total. The number of nitrogens with one attached hydrogen (secondary N) is 1. The second kappa shape index (κ2) is 3.34. The van der Waals surface area contributed by atoms with Gasteiger partial charge in [0.2, 0.25) is 11.8 Å². The fourth-order valence-electron chi connectivity index (χ4n) is 1.02. The maximum absolute atomic E-state index is 11.0. The predicted octanol–water partition coefficient (Wildman–Crippen LogP) is -1.47. The number of rotatable bonds is 2. The SMILES string of the molecule is CC(=O)CN1CC(=O)NCC1=O. The lowest BCUT2D eigenvalue weighted by atomic mass is 10.3. The van der Waals surface area contributed by atoms with E-state index in [9.17, 15) is 14.4 Å². The summed E-state index contributed by atoms with van der Waals surface area (Å²) in [5.41, 5.74) is 0. The summed E-state index contributed by atoms with van der Waals surface area (Å²) in [6.45, 7) is 1.43. The van der Waals surface area contributed by atoms with Crippen molar-refractivity contribution in [2.24, 2.45) is 0 Å². The molecule has 0 atom stereocenters. The van der Waals surface area contributed by atoms with Crippen LogP contribution >= 0.6 is 0 Å². The topological polar surface area (TPSA) is 66.5 Å². The van der Waals surface area contributed by atoms with Gasteiger partial charge in [-0.05, 0) is 6.92 Å². The Morgan fingerprint density at radius 1 is 1.58 bits per heavy atom. The van der Waals surface area contributed by atoms with E-state index in [1.165, 1.54) is 11.8 Å². The maximum atomic E-state index is 11.0. The molecule has 1 aliphatic heterocycles. The van der Waals surface area contributed by atoms with Crippen molar-refractivity contribution in [1.29, 1.82) is 0 Å². The molecule has 0 saturated carbocycles. The van der Waals surface area contributed by atoms with Crippen molar-refractivity contribution in [3.05, 3.63) is 0 Å². The summed E-state index contributed by atoms with van der Waals surface area (Å²) < 4.78 is 0. The molecule has 5 heteroatoms. The van der Waals surface area contributed by atoms with Gasteiger partial charge in [-0.1, -0.05) is 0 Å². The van der Waals surface area contributed by atoms with Crippen molar-refractivity contribution in [2.45, 2.75) is 6.92 Å². The number of carbonyl (C=O) groups excluding carboxylic acids is 3. The number of amides is 2. The first-order valence-corrected chi connectivity index (χ1v) is 3.63. The number of Topliss-reactive ketones (excluding diaryl/α,β-unsaturated/α-hetero) is 1. The van der Waals surface area contributed by atoms with Crippen LogP contribution in [0.3, 0.4) is 0 Å². The smallest absolute Gasteiger partial charge is 0.242 e. The van der Waals surface area contributed by atoms with E-state index < -0.39 is 0 Å². The minimum Gasteiger partial charge on any atom is -0.345 e. The molecule has 0 aliphatic carbocycles. The van der Waals surface area contributed by atoms with Gasteiger partial charge < -0.3 is 10.2 Å². The third-order valence-electron chi connectivity index (χ3n) is 1.54. The Bertz CT molecular complexity index is 235. The number of hydrogen-bond donors (Lipinski definition) is 1. The average Bonchev–Trinajstić information content (AvgIpc) is 1.96. The average molecular weight is 170 g/mol. The van der Waals surface area contributed by atoms with Gasteiger partial charge in [0, 0.05) is 0 Å². The van der Waals surface area contributed by atoms with Crippen LogP contribution in [0.2, 0.25) is 0 Å². The Kier molecular flexibility index (Phi) is 2.42. The molecule has 2 amide bonds. The first-order chi connectivity index (χ1) is 5.59. The van der Waals surface area contributed by atoms with Crippen LogP contribution in [0.1, 0.15) is 6.92 Å². The number of hydrogen-bond acceptors (Lipinski definition) is 3. The predicted molar refractivity (Wildman–Crippen MR) is 40.3 cm³/mol. The lowest BCUT2D eigenvalue weighted by Crippen LogP contribution is -2.52. The van der Waals surface area contributed by atoms with E-state index in [4.69, 9.17) is 0 Å². The molecule has 1 rings (SSSR count). The van der Waals surface area contributed by atoms with Gasteiger partial charge in [0.05, 0.1) is 13.1 Å². The fraction of sp³-hybridized carbons (Fsp3) is 0.571. The monoisotopic (exact) mass is 170 g/mol. The standard InChI is InChI=1S/C7H10N2O3/c1-5(10)3-9-4-6(11)8-2-7(9)12/h2-4H2,1H3,(H,8,11). The van der Waals surface area contributed by atoms with E-state index in [2.05, 4.69) is 5.32 Å². The molecule has 1 heterocycles. The third-order valence-corrected chi connectivity index (χ3v) is 1.54. The molecule has 0 aromatic carbocycles. The van der Waals surface area contributed by atoms with E-state index in [0.717, 1.165) is 0 Å². The Balaban J connectivity index is 2.55. The van der Waals surface area contributed by atoms with Crippen molar-refractivity contribution in [2.75, 3.05) is 19.6 Å². The van der Waals surface area contributed by atoms with Crippen molar-refractivity contribution in [3.8, 4) is 0 Å². The molecule has 0 spiro atoms. The largest absolute Gasteiger partial charge is 0.345 e. The lowest BCUT2D eigenvalue weighted by Gasteiger charge is -2.25. The molecule has 1 saturated heterocycles. The first kappa shape index (κ1) is 8.70. The van der Waals surface area contributed by atoms with Crippen molar-refractivity contribution >= 4 is 17.6 Å². The summed E-state index contributed by atoms with van der Waals surface area (Å²) in [5.74, 6) is -0.529. The van der Waals surface area contributed by atoms with Crippen molar-refractivity contribution in [1.82, 2.24) is 10.2 Å². The number of nitrogens with zero attached hydrogens (tertiary/aromatic N) is 1. The summed E-state index contributed by atoms with van der Waals surface area (Å²) in [7, 11) is 0. The van der Waals surface area contributed by atoms with Crippen LogP contribution in [0.25, 0.3) is 0 Å². The quantitative estimate of drug-likeness (QED) is 0.550. The molecule has 1 N–H and O–H groups in total. The van der Waals surface area contributed by atoms with Gasteiger partial charge in [-0.2, -0.15) is 0 Å². The van der Waals surface area contributed by atoms with E-state index in [0.29, 0.717) is 0 Å². The van der Waals surface area contributed by atoms with E-state index >= 15 is 0 Å². The maximum Gasteiger partial charge on any atom is 0.242 e. The molecular formula is C7H10N2O3. The summed E-state index contributed by atoms with van der Waals surface area (Å²) in [6.07, 6.45) is 0. The molecule has 1 aliphatic rings. The van der Waals surface area contributed by atoms with Gasteiger partial charge in [-0.15, -0.1) is 0 Å². The van der Waals surface area contributed by atoms with Crippen LogP contribution in [-0.4, -0.2) is 42.1 Å². The van der Waals surface area contributed by atoms with E-state index in [-0.39, 0.29) is 37.2 Å². The molecule has 0 radical (unpaired) electrons. The molecular weight excluding hydrogens is 160 g/mol. The van der Waals surface area contributed by atoms with Crippen LogP contribution in [-0.2, 0) is 14.4 Å². The second-order valence-corrected chi connectivity index (χ2v) is 2.73. The third kappa shape index (κ3) is 2.05. The zero-order valence-corrected chi connectivity index (χ0v) is 6.79. The highest BCUT2D eigenvalue weighted by Gasteiger charge is 2.23. The zero-order valence-electron chi connectivity index (χ0n) is 6.79. The Morgan fingerprint density at radius 3 is 2.83 bits per heavy atom. The Hall–Kier alpha value is -1.39. The molecule has 0 unspecified atom stereocenters. The number of piperazine rings is 1. The molecule has 1 fully saturated rings. The van der Waals surface area contributed by atoms with Crippen LogP contribution in [0.4, 0.5) is 0 Å². The van der Waals surface area contributed by atoms with Crippen LogP contribution < -0.4 is 5.32 Å². The number of carbonyl (C=O) groups is 3. The minimum atomic E-state index is -0.212. The van der Waals surface area contributed by atoms with Gasteiger partial charge in [-0.25, -0.2) is 0 Å². The van der Waals surface area contributed by atoms with Crippen LogP contribution in [0.15, 0.2) is 0 Å². The van der Waals surface area contributed by atoms with Crippen molar-refractivity contribution in [3.63, 3.8) is 0 Å². The zero-order chi connectivity index (χ0) is 9.14. The van der Waals surface area contributed by atoms with Gasteiger partial charge in [0.1, 0.15) is 12.3 Å². The summed E-state index contributed by atoms with van der Waals surface area (Å²) in [5, 5.41) is 2.39. The van der Waals surface area contributed by atoms with E-state index in [1.54, 1.807) is 0 Å². The minimum absolute atomic E-state index is 0.00157. The lowest BCUT2D eigenvalue weighted by molar-refractivity contribution is -0.142. The first-order valence-electron chi connectivity index (χ1n) is 3.63. The number of ketones is 1. The molecule has 66 valence electrons. The Morgan fingerprint density at radius 2 is 2.25 bits per heavy atom. The Labute approximate surface area is 69.7 Å². The summed E-state index contributed by atoms with van der Waals surface area (Å²) in [4.78, 5) is 33.7. The van der Waals surface area contributed by atoms with Crippen LogP contribution in [0.5, 0.6) is 0 Å². The van der Waals surface area contributed by atoms with Crippen molar-refractivity contribution < 1.29 is 14.4 Å². The fourth-order valence-corrected chi connectivity index (χ4v) is 1.02. The normalized spacial score (nSPS) is 17.6. The van der Waals surface area contributed by atoms with Gasteiger partial charge in [-0.3, -0.25) is 14.4 Å². The molecule has 12 heavy (non-hydrogen) atoms. The molecule has 0 aromatic rings. The van der Waals surface area contributed by atoms with Crippen LogP contribution in [0, 0.1) is 0 Å². The second-order valence-electron chi connectivity index (χ2n) is 2.73.